The minimum atomic E-state index is -3.58. The van der Waals surface area contributed by atoms with Crippen molar-refractivity contribution in [2.24, 2.45) is 5.92 Å². The van der Waals surface area contributed by atoms with Gasteiger partial charge in [0.2, 0.25) is 10.0 Å². The van der Waals surface area contributed by atoms with Crippen LogP contribution < -0.4 is 0 Å². The number of piperidine rings is 1. The number of sulfonamides is 1. The first-order valence-corrected chi connectivity index (χ1v) is 9.36. The minimum absolute atomic E-state index is 0.159. The molecule has 0 amide bonds. The maximum absolute atomic E-state index is 12.7. The molecule has 1 atom stereocenters. The van der Waals surface area contributed by atoms with Gasteiger partial charge < -0.3 is 0 Å². The summed E-state index contributed by atoms with van der Waals surface area (Å²) < 4.78 is 28.0. The number of carbonyl (C=O) groups is 1. The van der Waals surface area contributed by atoms with Crippen LogP contribution in [0.2, 0.25) is 0 Å². The Hall–Kier alpha value is -0.240. The Morgan fingerprint density at radius 3 is 2.70 bits per heavy atom. The number of rotatable bonds is 3. The summed E-state index contributed by atoms with van der Waals surface area (Å²) in [5.74, 6) is -0.0308. The number of hydrogen-bond donors (Lipinski definition) is 0. The van der Waals surface area contributed by atoms with Gasteiger partial charge in [0.15, 0.2) is 0 Å². The van der Waals surface area contributed by atoms with Crippen molar-refractivity contribution in [2.75, 3.05) is 13.1 Å². The van der Waals surface area contributed by atoms with Crippen LogP contribution in [-0.2, 0) is 14.8 Å². The quantitative estimate of drug-likeness (QED) is 0.748. The van der Waals surface area contributed by atoms with Gasteiger partial charge in [0.05, 0.1) is 4.90 Å². The fourth-order valence-corrected chi connectivity index (χ4v) is 5.22. The van der Waals surface area contributed by atoms with Gasteiger partial charge in [0, 0.05) is 34.4 Å². The summed E-state index contributed by atoms with van der Waals surface area (Å²) in [6.45, 7) is 2.45. The van der Waals surface area contributed by atoms with E-state index >= 15 is 0 Å². The maximum Gasteiger partial charge on any atom is 0.244 e. The standard InChI is InChI=1S/C13H15Br2NO3S/c1-2-9-8-16(6-5-12(9)17)20(18,19)13-7-10(14)3-4-11(13)15/h3-4,7,9H,2,5-6,8H2,1H3. The molecule has 7 heteroatoms. The van der Waals surface area contributed by atoms with Crippen LogP contribution in [0.3, 0.4) is 0 Å². The van der Waals surface area contributed by atoms with Crippen molar-refractivity contribution in [3.8, 4) is 0 Å². The van der Waals surface area contributed by atoms with Gasteiger partial charge in [-0.15, -0.1) is 0 Å². The van der Waals surface area contributed by atoms with Crippen molar-refractivity contribution < 1.29 is 13.2 Å². The molecule has 110 valence electrons. The average molecular weight is 425 g/mol. The number of Topliss-reactive ketones (excluding diaryl/α,β-unsaturated/α-hetero) is 1. The van der Waals surface area contributed by atoms with Gasteiger partial charge >= 0.3 is 0 Å². The molecule has 0 radical (unpaired) electrons. The van der Waals surface area contributed by atoms with E-state index in [0.717, 1.165) is 0 Å². The molecule has 4 nitrogen and oxygen atoms in total. The largest absolute Gasteiger partial charge is 0.299 e. The third-order valence-corrected chi connectivity index (χ3v) is 6.84. The number of carbonyl (C=O) groups excluding carboxylic acids is 1. The molecule has 0 spiro atoms. The molecule has 1 heterocycles. The lowest BCUT2D eigenvalue weighted by atomic mass is 9.96. The van der Waals surface area contributed by atoms with Crippen LogP contribution in [0.15, 0.2) is 32.0 Å². The first kappa shape index (κ1) is 16.1. The van der Waals surface area contributed by atoms with E-state index < -0.39 is 10.0 Å². The highest BCUT2D eigenvalue weighted by Gasteiger charge is 2.34. The Morgan fingerprint density at radius 2 is 2.05 bits per heavy atom. The van der Waals surface area contributed by atoms with E-state index in [-0.39, 0.29) is 29.7 Å². The average Bonchev–Trinajstić information content (AvgIpc) is 2.41. The molecule has 1 aliphatic heterocycles. The van der Waals surface area contributed by atoms with E-state index in [1.807, 2.05) is 6.92 Å². The fourth-order valence-electron chi connectivity index (χ4n) is 2.27. The molecule has 1 fully saturated rings. The molecule has 1 saturated heterocycles. The summed E-state index contributed by atoms with van der Waals surface area (Å²) in [6, 6.07) is 5.05. The molecule has 1 aromatic rings. The first-order chi connectivity index (χ1) is 9.36. The lowest BCUT2D eigenvalue weighted by Crippen LogP contribution is -2.43. The van der Waals surface area contributed by atoms with E-state index in [1.54, 1.807) is 18.2 Å². The fraction of sp³-hybridized carbons (Fsp3) is 0.462. The second-order valence-corrected chi connectivity index (χ2v) is 8.44. The van der Waals surface area contributed by atoms with Crippen LogP contribution in [-0.4, -0.2) is 31.6 Å². The third-order valence-electron chi connectivity index (χ3n) is 3.49. The van der Waals surface area contributed by atoms with E-state index in [2.05, 4.69) is 31.9 Å². The first-order valence-electron chi connectivity index (χ1n) is 6.34. The van der Waals surface area contributed by atoms with Crippen LogP contribution in [0.4, 0.5) is 0 Å². The van der Waals surface area contributed by atoms with Gasteiger partial charge in [-0.2, -0.15) is 4.31 Å². The van der Waals surface area contributed by atoms with E-state index in [1.165, 1.54) is 4.31 Å². The minimum Gasteiger partial charge on any atom is -0.299 e. The van der Waals surface area contributed by atoms with Gasteiger partial charge in [-0.1, -0.05) is 22.9 Å². The molecular weight excluding hydrogens is 410 g/mol. The van der Waals surface area contributed by atoms with Crippen molar-refractivity contribution in [1.29, 1.82) is 0 Å². The summed E-state index contributed by atoms with van der Waals surface area (Å²) in [5.41, 5.74) is 0. The number of halogens is 2. The summed E-state index contributed by atoms with van der Waals surface area (Å²) >= 11 is 6.57. The highest BCUT2D eigenvalue weighted by Crippen LogP contribution is 2.30. The molecule has 0 saturated carbocycles. The monoisotopic (exact) mass is 423 g/mol. The Labute approximate surface area is 135 Å². The predicted octanol–water partition coefficient (Wildman–Crippen LogP) is 3.20. The number of benzene rings is 1. The van der Waals surface area contributed by atoms with Crippen LogP contribution in [0.1, 0.15) is 19.8 Å². The molecular formula is C13H15Br2NO3S. The maximum atomic E-state index is 12.7. The van der Waals surface area contributed by atoms with Crippen molar-refractivity contribution >= 4 is 47.7 Å². The van der Waals surface area contributed by atoms with Crippen LogP contribution >= 0.6 is 31.9 Å². The molecule has 2 rings (SSSR count). The molecule has 0 N–H and O–H groups in total. The molecule has 1 unspecified atom stereocenters. The molecule has 1 aromatic carbocycles. The van der Waals surface area contributed by atoms with Crippen molar-refractivity contribution in [3.05, 3.63) is 27.1 Å². The lowest BCUT2D eigenvalue weighted by molar-refractivity contribution is -0.125. The normalized spacial score (nSPS) is 21.1. The van der Waals surface area contributed by atoms with Gasteiger partial charge in [0.25, 0.3) is 0 Å². The highest BCUT2D eigenvalue weighted by molar-refractivity contribution is 9.11. The number of ketones is 1. The van der Waals surface area contributed by atoms with Crippen molar-refractivity contribution in [1.82, 2.24) is 4.31 Å². The lowest BCUT2D eigenvalue weighted by Gasteiger charge is -2.30. The molecule has 20 heavy (non-hydrogen) atoms. The zero-order chi connectivity index (χ0) is 14.9. The van der Waals surface area contributed by atoms with Crippen molar-refractivity contribution in [3.63, 3.8) is 0 Å². The Balaban J connectivity index is 2.35. The molecule has 0 bridgehead atoms. The SMILES string of the molecule is CCC1CN(S(=O)(=O)c2cc(Br)ccc2Br)CCC1=O. The molecule has 0 aliphatic carbocycles. The van der Waals surface area contributed by atoms with Gasteiger partial charge in [-0.3, -0.25) is 4.79 Å². The zero-order valence-corrected chi connectivity index (χ0v) is 15.0. The zero-order valence-electron chi connectivity index (χ0n) is 11.0. The van der Waals surface area contributed by atoms with E-state index in [9.17, 15) is 13.2 Å². The van der Waals surface area contributed by atoms with Gasteiger partial charge in [-0.25, -0.2) is 8.42 Å². The Bertz CT molecular complexity index is 631. The molecule has 0 aromatic heterocycles. The predicted molar refractivity (Wildman–Crippen MR) is 84.0 cm³/mol. The summed E-state index contributed by atoms with van der Waals surface area (Å²) in [7, 11) is -3.58. The second kappa shape index (κ2) is 6.25. The van der Waals surface area contributed by atoms with E-state index in [0.29, 0.717) is 21.8 Å². The van der Waals surface area contributed by atoms with E-state index in [4.69, 9.17) is 0 Å². The van der Waals surface area contributed by atoms with Gasteiger partial charge in [0.1, 0.15) is 5.78 Å². The summed E-state index contributed by atoms with van der Waals surface area (Å²) in [4.78, 5) is 11.9. The topological polar surface area (TPSA) is 54.5 Å². The smallest absolute Gasteiger partial charge is 0.244 e. The van der Waals surface area contributed by atoms with Gasteiger partial charge in [-0.05, 0) is 40.5 Å². The number of nitrogens with zero attached hydrogens (tertiary/aromatic N) is 1. The Kier molecular flexibility index (Phi) is 5.05. The summed E-state index contributed by atoms with van der Waals surface area (Å²) in [6.07, 6.45) is 0.966. The highest BCUT2D eigenvalue weighted by atomic mass is 79.9. The second-order valence-electron chi connectivity index (χ2n) is 4.76. The van der Waals surface area contributed by atoms with Crippen LogP contribution in [0, 0.1) is 5.92 Å². The Morgan fingerprint density at radius 1 is 1.35 bits per heavy atom. The van der Waals surface area contributed by atoms with Crippen molar-refractivity contribution in [2.45, 2.75) is 24.7 Å². The summed E-state index contributed by atoms with van der Waals surface area (Å²) in [5, 5.41) is 0. The van der Waals surface area contributed by atoms with Crippen LogP contribution in [0.5, 0.6) is 0 Å². The number of hydrogen-bond acceptors (Lipinski definition) is 3. The van der Waals surface area contributed by atoms with Crippen LogP contribution in [0.25, 0.3) is 0 Å². The molecule has 1 aliphatic rings. The third kappa shape index (κ3) is 3.16.